The summed E-state index contributed by atoms with van der Waals surface area (Å²) >= 11 is 0. The number of ether oxygens (including phenoxy) is 1. The molecule has 2 heteroatoms. The van der Waals surface area contributed by atoms with Crippen molar-refractivity contribution in [2.45, 2.75) is 44.2 Å². The van der Waals surface area contributed by atoms with E-state index in [1.807, 2.05) is 0 Å². The molecular weight excluding hydrogens is 198 g/mol. The van der Waals surface area contributed by atoms with Crippen LogP contribution in [0.25, 0.3) is 0 Å². The summed E-state index contributed by atoms with van der Waals surface area (Å²) in [6.45, 7) is 4.21. The van der Waals surface area contributed by atoms with E-state index in [2.05, 4.69) is 38.1 Å². The van der Waals surface area contributed by atoms with E-state index >= 15 is 0 Å². The van der Waals surface area contributed by atoms with Gasteiger partial charge in [0.2, 0.25) is 0 Å². The van der Waals surface area contributed by atoms with Crippen LogP contribution in [0.2, 0.25) is 0 Å². The summed E-state index contributed by atoms with van der Waals surface area (Å²) in [7, 11) is 1.76. The third-order valence-electron chi connectivity index (χ3n) is 3.50. The molecule has 0 saturated heterocycles. The van der Waals surface area contributed by atoms with E-state index in [0.717, 1.165) is 19.3 Å². The first-order valence-electron chi connectivity index (χ1n) is 5.89. The third kappa shape index (κ3) is 2.45. The van der Waals surface area contributed by atoms with Gasteiger partial charge in [0.15, 0.2) is 0 Å². The fourth-order valence-electron chi connectivity index (χ4n) is 1.94. The molecule has 0 spiro atoms. The molecular formula is C14H21NO. The number of hydrogen-bond donors (Lipinski definition) is 1. The molecule has 0 unspecified atom stereocenters. The van der Waals surface area contributed by atoms with Crippen molar-refractivity contribution in [1.29, 1.82) is 0 Å². The molecule has 16 heavy (non-hydrogen) atoms. The molecule has 0 aliphatic heterocycles. The Morgan fingerprint density at radius 2 is 1.81 bits per heavy atom. The Morgan fingerprint density at radius 3 is 2.25 bits per heavy atom. The van der Waals surface area contributed by atoms with Crippen molar-refractivity contribution in [3.05, 3.63) is 35.4 Å². The molecule has 1 aliphatic rings. The fourth-order valence-corrected chi connectivity index (χ4v) is 1.94. The topological polar surface area (TPSA) is 35.2 Å². The quantitative estimate of drug-likeness (QED) is 0.844. The number of hydrogen-bond acceptors (Lipinski definition) is 2. The van der Waals surface area contributed by atoms with Gasteiger partial charge in [-0.05, 0) is 37.8 Å². The van der Waals surface area contributed by atoms with Gasteiger partial charge in [0, 0.05) is 19.1 Å². The summed E-state index contributed by atoms with van der Waals surface area (Å²) in [5, 5.41) is 0. The summed E-state index contributed by atoms with van der Waals surface area (Å²) in [5.41, 5.74) is 8.61. The highest BCUT2D eigenvalue weighted by Crippen LogP contribution is 2.42. The molecule has 0 bridgehead atoms. The average Bonchev–Trinajstić information content (AvgIpc) is 2.98. The van der Waals surface area contributed by atoms with E-state index < -0.39 is 0 Å². The molecule has 0 aromatic heterocycles. The molecule has 0 atom stereocenters. The Labute approximate surface area is 97.8 Å². The van der Waals surface area contributed by atoms with Crippen LogP contribution in [0.3, 0.4) is 0 Å². The van der Waals surface area contributed by atoms with Crippen LogP contribution in [0, 0.1) is 0 Å². The second-order valence-corrected chi connectivity index (χ2v) is 5.49. The van der Waals surface area contributed by atoms with Gasteiger partial charge in [0.25, 0.3) is 0 Å². The normalized spacial score (nSPS) is 18.5. The van der Waals surface area contributed by atoms with Gasteiger partial charge < -0.3 is 10.5 Å². The van der Waals surface area contributed by atoms with Crippen LogP contribution in [0.5, 0.6) is 0 Å². The van der Waals surface area contributed by atoms with Crippen LogP contribution in [-0.4, -0.2) is 12.7 Å². The van der Waals surface area contributed by atoms with Crippen LogP contribution < -0.4 is 5.73 Å². The van der Waals surface area contributed by atoms with Gasteiger partial charge in [0.1, 0.15) is 0 Å². The minimum atomic E-state index is -0.0957. The molecule has 1 aliphatic carbocycles. The first-order valence-corrected chi connectivity index (χ1v) is 5.89. The molecule has 1 aromatic carbocycles. The highest BCUT2D eigenvalue weighted by molar-refractivity contribution is 5.32. The van der Waals surface area contributed by atoms with Gasteiger partial charge in [-0.15, -0.1) is 0 Å². The van der Waals surface area contributed by atoms with Crippen LogP contribution in [0.1, 0.15) is 37.8 Å². The van der Waals surface area contributed by atoms with Gasteiger partial charge in [0.05, 0.1) is 5.60 Å². The predicted molar refractivity (Wildman–Crippen MR) is 66.3 cm³/mol. The lowest BCUT2D eigenvalue weighted by molar-refractivity contribution is 0.0232. The van der Waals surface area contributed by atoms with E-state index in [9.17, 15) is 0 Å². The lowest BCUT2D eigenvalue weighted by Gasteiger charge is -2.23. The van der Waals surface area contributed by atoms with E-state index in [4.69, 9.17) is 10.5 Å². The maximum Gasteiger partial charge on any atom is 0.0662 e. The first kappa shape index (κ1) is 11.6. The summed E-state index contributed by atoms with van der Waals surface area (Å²) in [5.74, 6) is 0. The summed E-state index contributed by atoms with van der Waals surface area (Å²) in [6.07, 6.45) is 3.17. The highest BCUT2D eigenvalue weighted by Gasteiger charge is 2.39. The standard InChI is InChI=1S/C14H21NO/c1-13(2,16-3)10-11-4-6-12(7-5-11)14(15)8-9-14/h4-7H,8-10,15H2,1-3H3. The number of benzene rings is 1. The summed E-state index contributed by atoms with van der Waals surface area (Å²) < 4.78 is 5.43. The molecule has 2 nitrogen and oxygen atoms in total. The van der Waals surface area contributed by atoms with Gasteiger partial charge in [-0.3, -0.25) is 0 Å². The number of nitrogens with two attached hydrogens (primary N) is 1. The molecule has 2 rings (SSSR count). The fraction of sp³-hybridized carbons (Fsp3) is 0.571. The Hall–Kier alpha value is -0.860. The summed E-state index contributed by atoms with van der Waals surface area (Å²) in [4.78, 5) is 0. The largest absolute Gasteiger partial charge is 0.378 e. The molecule has 1 saturated carbocycles. The van der Waals surface area contributed by atoms with Gasteiger partial charge >= 0.3 is 0 Å². The van der Waals surface area contributed by atoms with Gasteiger partial charge in [-0.2, -0.15) is 0 Å². The van der Waals surface area contributed by atoms with Gasteiger partial charge in [-0.1, -0.05) is 24.3 Å². The predicted octanol–water partition coefficient (Wildman–Crippen LogP) is 2.60. The van der Waals surface area contributed by atoms with Crippen molar-refractivity contribution in [2.24, 2.45) is 5.73 Å². The lowest BCUT2D eigenvalue weighted by atomic mass is 9.96. The Balaban J connectivity index is 2.08. The van der Waals surface area contributed by atoms with Gasteiger partial charge in [-0.25, -0.2) is 0 Å². The zero-order valence-corrected chi connectivity index (χ0v) is 10.4. The van der Waals surface area contributed by atoms with Crippen molar-refractivity contribution in [3.63, 3.8) is 0 Å². The third-order valence-corrected chi connectivity index (χ3v) is 3.50. The van der Waals surface area contributed by atoms with Crippen LogP contribution in [0.15, 0.2) is 24.3 Å². The molecule has 0 amide bonds. The molecule has 88 valence electrons. The van der Waals surface area contributed by atoms with Crippen molar-refractivity contribution >= 4 is 0 Å². The number of methoxy groups -OCH3 is 1. The van der Waals surface area contributed by atoms with E-state index in [1.54, 1.807) is 7.11 Å². The maximum absolute atomic E-state index is 6.15. The zero-order chi connectivity index (χ0) is 11.8. The van der Waals surface area contributed by atoms with E-state index in [0.29, 0.717) is 0 Å². The van der Waals surface area contributed by atoms with Crippen molar-refractivity contribution in [2.75, 3.05) is 7.11 Å². The smallest absolute Gasteiger partial charge is 0.0662 e. The molecule has 2 N–H and O–H groups in total. The van der Waals surface area contributed by atoms with Crippen molar-refractivity contribution < 1.29 is 4.74 Å². The van der Waals surface area contributed by atoms with Crippen LogP contribution in [0.4, 0.5) is 0 Å². The summed E-state index contributed by atoms with van der Waals surface area (Å²) in [6, 6.07) is 8.66. The van der Waals surface area contributed by atoms with Crippen LogP contribution in [-0.2, 0) is 16.7 Å². The Kier molecular flexibility index (Phi) is 2.81. The highest BCUT2D eigenvalue weighted by atomic mass is 16.5. The SMILES string of the molecule is COC(C)(C)Cc1ccc(C2(N)CC2)cc1. The molecule has 0 heterocycles. The van der Waals surface area contributed by atoms with Crippen LogP contribution >= 0.6 is 0 Å². The monoisotopic (exact) mass is 219 g/mol. The van der Waals surface area contributed by atoms with Crippen molar-refractivity contribution in [1.82, 2.24) is 0 Å². The lowest BCUT2D eigenvalue weighted by Crippen LogP contribution is -2.25. The molecule has 0 radical (unpaired) electrons. The second-order valence-electron chi connectivity index (χ2n) is 5.49. The first-order chi connectivity index (χ1) is 7.45. The minimum Gasteiger partial charge on any atom is -0.378 e. The molecule has 1 fully saturated rings. The Morgan fingerprint density at radius 1 is 1.25 bits per heavy atom. The zero-order valence-electron chi connectivity index (χ0n) is 10.4. The molecule has 1 aromatic rings. The Bertz CT molecular complexity index is 363. The minimum absolute atomic E-state index is 0.0185. The van der Waals surface area contributed by atoms with E-state index in [1.165, 1.54) is 11.1 Å². The number of rotatable bonds is 4. The van der Waals surface area contributed by atoms with E-state index in [-0.39, 0.29) is 11.1 Å². The average molecular weight is 219 g/mol. The van der Waals surface area contributed by atoms with Crippen molar-refractivity contribution in [3.8, 4) is 0 Å². The second kappa shape index (κ2) is 3.86. The maximum atomic E-state index is 6.15.